The summed E-state index contributed by atoms with van der Waals surface area (Å²) in [5.41, 5.74) is 1.87. The highest BCUT2D eigenvalue weighted by Crippen LogP contribution is 2.33. The first-order valence-corrected chi connectivity index (χ1v) is 6.25. The number of rotatable bonds is 3. The number of anilines is 2. The summed E-state index contributed by atoms with van der Waals surface area (Å²) in [6.45, 7) is 0. The number of hydrogen-bond donors (Lipinski definition) is 3. The van der Waals surface area contributed by atoms with E-state index in [2.05, 4.69) is 10.6 Å². The molecule has 0 radical (unpaired) electrons. The third-order valence-corrected chi connectivity index (χ3v) is 3.29. The Balaban J connectivity index is 1.85. The van der Waals surface area contributed by atoms with E-state index in [1.807, 2.05) is 0 Å². The van der Waals surface area contributed by atoms with Crippen LogP contribution in [0.15, 0.2) is 42.5 Å². The van der Waals surface area contributed by atoms with Gasteiger partial charge in [0.05, 0.1) is 5.56 Å². The molecule has 1 heterocycles. The predicted molar refractivity (Wildman–Crippen MR) is 74.8 cm³/mol. The summed E-state index contributed by atoms with van der Waals surface area (Å²) in [5.74, 6) is -1.71. The van der Waals surface area contributed by atoms with E-state index in [0.717, 1.165) is 0 Å². The van der Waals surface area contributed by atoms with Crippen molar-refractivity contribution >= 4 is 23.3 Å². The third kappa shape index (κ3) is 2.43. The van der Waals surface area contributed by atoms with E-state index in [9.17, 15) is 14.0 Å². The molecule has 0 saturated heterocycles. The largest absolute Gasteiger partial charge is 0.478 e. The highest BCUT2D eigenvalue weighted by atomic mass is 19.1. The zero-order valence-electron chi connectivity index (χ0n) is 10.8. The lowest BCUT2D eigenvalue weighted by Gasteiger charge is -2.13. The molecule has 1 atom stereocenters. The fraction of sp³-hybridized carbons (Fsp3) is 0.0667. The van der Waals surface area contributed by atoms with Crippen LogP contribution in [0.4, 0.5) is 15.8 Å². The molecule has 0 saturated carbocycles. The van der Waals surface area contributed by atoms with Gasteiger partial charge in [0.2, 0.25) is 0 Å². The monoisotopic (exact) mass is 286 g/mol. The van der Waals surface area contributed by atoms with Gasteiger partial charge in [0.1, 0.15) is 11.9 Å². The van der Waals surface area contributed by atoms with Crippen LogP contribution in [0.3, 0.4) is 0 Å². The first kappa shape index (κ1) is 13.1. The first-order valence-electron chi connectivity index (χ1n) is 6.25. The van der Waals surface area contributed by atoms with Gasteiger partial charge in [-0.1, -0.05) is 6.07 Å². The Kier molecular flexibility index (Phi) is 3.06. The maximum atomic E-state index is 13.1. The molecule has 0 aliphatic carbocycles. The minimum absolute atomic E-state index is 0.166. The zero-order valence-corrected chi connectivity index (χ0v) is 10.8. The molecule has 1 aliphatic heterocycles. The van der Waals surface area contributed by atoms with Crippen molar-refractivity contribution in [2.24, 2.45) is 0 Å². The molecule has 0 spiro atoms. The van der Waals surface area contributed by atoms with Crippen LogP contribution >= 0.6 is 0 Å². The van der Waals surface area contributed by atoms with Crippen LogP contribution in [0.25, 0.3) is 0 Å². The lowest BCUT2D eigenvalue weighted by atomic mass is 10.1. The van der Waals surface area contributed by atoms with Crippen LogP contribution < -0.4 is 10.6 Å². The summed E-state index contributed by atoms with van der Waals surface area (Å²) in [4.78, 5) is 22.7. The fourth-order valence-corrected chi connectivity index (χ4v) is 2.25. The van der Waals surface area contributed by atoms with Crippen LogP contribution in [0.2, 0.25) is 0 Å². The molecule has 3 rings (SSSR count). The lowest BCUT2D eigenvalue weighted by molar-refractivity contribution is -0.116. The van der Waals surface area contributed by atoms with E-state index in [1.165, 1.54) is 24.3 Å². The quantitative estimate of drug-likeness (QED) is 0.810. The molecule has 1 unspecified atom stereocenters. The zero-order chi connectivity index (χ0) is 15.0. The minimum Gasteiger partial charge on any atom is -0.478 e. The van der Waals surface area contributed by atoms with Gasteiger partial charge in [-0.3, -0.25) is 4.79 Å². The van der Waals surface area contributed by atoms with Crippen molar-refractivity contribution in [3.05, 3.63) is 59.4 Å². The van der Waals surface area contributed by atoms with Gasteiger partial charge >= 0.3 is 5.97 Å². The molecule has 0 aromatic heterocycles. The molecule has 2 aromatic rings. The summed E-state index contributed by atoms with van der Waals surface area (Å²) >= 11 is 0. The predicted octanol–water partition coefficient (Wildman–Crippen LogP) is 2.63. The molecule has 106 valence electrons. The summed E-state index contributed by atoms with van der Waals surface area (Å²) in [6, 6.07) is 9.54. The number of carboxylic acid groups (broad SMARTS) is 1. The minimum atomic E-state index is -1.01. The van der Waals surface area contributed by atoms with Crippen molar-refractivity contribution in [3.63, 3.8) is 0 Å². The second-order valence-electron chi connectivity index (χ2n) is 4.68. The highest BCUT2D eigenvalue weighted by Gasteiger charge is 2.30. The Morgan fingerprint density at radius 1 is 1.19 bits per heavy atom. The Bertz CT molecular complexity index is 728. The number of fused-ring (bicyclic) bond motifs is 1. The number of nitrogens with one attached hydrogen (secondary N) is 2. The Labute approximate surface area is 119 Å². The van der Waals surface area contributed by atoms with Gasteiger partial charge in [-0.2, -0.15) is 0 Å². The molecular weight excluding hydrogens is 275 g/mol. The molecule has 1 aliphatic rings. The Hall–Kier alpha value is -2.89. The van der Waals surface area contributed by atoms with Crippen molar-refractivity contribution in [1.29, 1.82) is 0 Å². The van der Waals surface area contributed by atoms with Gasteiger partial charge in [-0.25, -0.2) is 9.18 Å². The van der Waals surface area contributed by atoms with Crippen molar-refractivity contribution in [2.75, 3.05) is 10.6 Å². The van der Waals surface area contributed by atoms with E-state index in [0.29, 0.717) is 16.9 Å². The smallest absolute Gasteiger partial charge is 0.335 e. The average Bonchev–Trinajstić information content (AvgIpc) is 2.75. The average molecular weight is 286 g/mol. The number of aromatic carboxylic acids is 1. The van der Waals surface area contributed by atoms with Crippen molar-refractivity contribution in [2.45, 2.75) is 6.04 Å². The molecule has 6 heteroatoms. The van der Waals surface area contributed by atoms with E-state index >= 15 is 0 Å². The molecule has 2 aromatic carbocycles. The normalized spacial score (nSPS) is 16.2. The summed E-state index contributed by atoms with van der Waals surface area (Å²) in [7, 11) is 0. The molecule has 3 N–H and O–H groups in total. The van der Waals surface area contributed by atoms with Crippen LogP contribution in [0.5, 0.6) is 0 Å². The molecule has 0 bridgehead atoms. The van der Waals surface area contributed by atoms with Gasteiger partial charge in [0.15, 0.2) is 0 Å². The van der Waals surface area contributed by atoms with Gasteiger partial charge < -0.3 is 15.7 Å². The molecule has 1 amide bonds. The maximum absolute atomic E-state index is 13.1. The van der Waals surface area contributed by atoms with E-state index < -0.39 is 17.8 Å². The topological polar surface area (TPSA) is 78.4 Å². The van der Waals surface area contributed by atoms with Crippen molar-refractivity contribution < 1.29 is 19.1 Å². The van der Waals surface area contributed by atoms with Gasteiger partial charge in [-0.15, -0.1) is 0 Å². The number of carbonyl (C=O) groups is 2. The van der Waals surface area contributed by atoms with Crippen LogP contribution in [0.1, 0.15) is 22.0 Å². The van der Waals surface area contributed by atoms with Crippen LogP contribution in [0, 0.1) is 5.82 Å². The van der Waals surface area contributed by atoms with Gasteiger partial charge in [0, 0.05) is 16.9 Å². The SMILES string of the molecule is O=C(O)c1ccc(NC2C(=O)Nc3cc(F)ccc32)cc1. The van der Waals surface area contributed by atoms with E-state index in [4.69, 9.17) is 5.11 Å². The van der Waals surface area contributed by atoms with Crippen molar-refractivity contribution in [3.8, 4) is 0 Å². The van der Waals surface area contributed by atoms with Crippen LogP contribution in [-0.4, -0.2) is 17.0 Å². The fourth-order valence-electron chi connectivity index (χ4n) is 2.25. The molecule has 21 heavy (non-hydrogen) atoms. The second-order valence-corrected chi connectivity index (χ2v) is 4.68. The third-order valence-electron chi connectivity index (χ3n) is 3.29. The maximum Gasteiger partial charge on any atom is 0.335 e. The summed E-state index contributed by atoms with van der Waals surface area (Å²) in [6.07, 6.45) is 0. The van der Waals surface area contributed by atoms with Gasteiger partial charge in [0.25, 0.3) is 5.91 Å². The first-order chi connectivity index (χ1) is 10.0. The number of carboxylic acids is 1. The number of benzene rings is 2. The molecular formula is C15H11FN2O3. The highest BCUT2D eigenvalue weighted by molar-refractivity contribution is 6.04. The van der Waals surface area contributed by atoms with E-state index in [-0.39, 0.29) is 11.5 Å². The Morgan fingerprint density at radius 3 is 2.57 bits per heavy atom. The summed E-state index contributed by atoms with van der Waals surface area (Å²) in [5, 5.41) is 14.4. The number of carbonyl (C=O) groups excluding carboxylic acids is 1. The molecule has 0 fully saturated rings. The van der Waals surface area contributed by atoms with E-state index in [1.54, 1.807) is 18.2 Å². The standard InChI is InChI=1S/C15H11FN2O3/c16-9-3-6-11-12(7-9)18-14(19)13(11)17-10-4-1-8(2-5-10)15(20)21/h1-7,13,17H,(H,18,19)(H,20,21). The molecule has 5 nitrogen and oxygen atoms in total. The summed E-state index contributed by atoms with van der Waals surface area (Å²) < 4.78 is 13.1. The lowest BCUT2D eigenvalue weighted by Crippen LogP contribution is -2.19. The number of hydrogen-bond acceptors (Lipinski definition) is 3. The number of amides is 1. The van der Waals surface area contributed by atoms with Crippen LogP contribution in [-0.2, 0) is 4.79 Å². The number of halogens is 1. The second kappa shape index (κ2) is 4.90. The van der Waals surface area contributed by atoms with Gasteiger partial charge in [-0.05, 0) is 36.4 Å². The van der Waals surface area contributed by atoms with Crippen molar-refractivity contribution in [1.82, 2.24) is 0 Å². The Morgan fingerprint density at radius 2 is 1.90 bits per heavy atom.